The number of β-amino-alcohol motifs (C(OH)–C–C–N with tert-alkyl or cyclic N) is 1. The van der Waals surface area contributed by atoms with Gasteiger partial charge in [0.05, 0.1) is 16.5 Å². The van der Waals surface area contributed by atoms with Crippen molar-refractivity contribution in [1.82, 2.24) is 14.6 Å². The number of fused-ring (bicyclic) bond motifs is 2. The van der Waals surface area contributed by atoms with Gasteiger partial charge in [0.15, 0.2) is 0 Å². The molecule has 2 aromatic carbocycles. The summed E-state index contributed by atoms with van der Waals surface area (Å²) in [6.45, 7) is 2.66. The molecule has 0 unspecified atom stereocenters. The summed E-state index contributed by atoms with van der Waals surface area (Å²) in [6.07, 6.45) is 1.46. The van der Waals surface area contributed by atoms with Crippen LogP contribution in [0.5, 0.6) is 0 Å². The molecule has 1 atom stereocenters. The van der Waals surface area contributed by atoms with Crippen LogP contribution in [0.1, 0.15) is 23.2 Å². The molecular formula is C22H25N3O2S. The van der Waals surface area contributed by atoms with Gasteiger partial charge < -0.3 is 10.4 Å². The van der Waals surface area contributed by atoms with Crippen LogP contribution in [0.4, 0.5) is 0 Å². The van der Waals surface area contributed by atoms with E-state index in [-0.39, 0.29) is 12.5 Å². The van der Waals surface area contributed by atoms with Crippen molar-refractivity contribution < 1.29 is 9.90 Å². The molecule has 1 aliphatic heterocycles. The van der Waals surface area contributed by atoms with E-state index in [2.05, 4.69) is 38.9 Å². The molecule has 1 aromatic heterocycles. The third-order valence-electron chi connectivity index (χ3n) is 5.25. The minimum absolute atomic E-state index is 0.0416. The van der Waals surface area contributed by atoms with Crippen LogP contribution in [0, 0.1) is 0 Å². The normalized spacial score (nSPS) is 15.3. The maximum absolute atomic E-state index is 12.2. The van der Waals surface area contributed by atoms with Crippen LogP contribution in [0.2, 0.25) is 0 Å². The molecule has 146 valence electrons. The number of nitrogens with one attached hydrogen (secondary N) is 1. The predicted octanol–water partition coefficient (Wildman–Crippen LogP) is 2.76. The molecule has 0 saturated carbocycles. The van der Waals surface area contributed by atoms with Crippen molar-refractivity contribution in [3.63, 3.8) is 0 Å². The number of aliphatic hydroxyl groups is 1. The molecule has 0 radical (unpaired) electrons. The highest BCUT2D eigenvalue weighted by Crippen LogP contribution is 2.23. The average Bonchev–Trinajstić information content (AvgIpc) is 3.14. The van der Waals surface area contributed by atoms with E-state index in [1.54, 1.807) is 0 Å². The molecule has 3 aromatic rings. The fraction of sp³-hybridized carbons (Fsp3) is 0.364. The predicted molar refractivity (Wildman–Crippen MR) is 112 cm³/mol. The van der Waals surface area contributed by atoms with E-state index in [9.17, 15) is 9.90 Å². The van der Waals surface area contributed by atoms with Gasteiger partial charge in [0.25, 0.3) is 0 Å². The lowest BCUT2D eigenvalue weighted by Crippen LogP contribution is -2.42. The number of nitrogens with zero attached hydrogens (tertiary/aromatic N) is 2. The lowest BCUT2D eigenvalue weighted by atomic mass is 10.00. The first-order valence-corrected chi connectivity index (χ1v) is 10.5. The number of aromatic nitrogens is 1. The molecule has 6 heteroatoms. The van der Waals surface area contributed by atoms with Crippen LogP contribution in [0.3, 0.4) is 0 Å². The first kappa shape index (κ1) is 19.1. The van der Waals surface area contributed by atoms with E-state index >= 15 is 0 Å². The van der Waals surface area contributed by atoms with E-state index in [0.717, 1.165) is 35.3 Å². The standard InChI is InChI=1S/C22H25N3O2S/c26-18(15-25-12-11-16-5-1-2-6-17(16)14-25)13-23-22(27)10-9-20-19-7-3-4-8-21(19)28-24-20/h1-8,18,26H,9-15H2,(H,23,27)/t18-/m0/s1. The minimum Gasteiger partial charge on any atom is -0.390 e. The van der Waals surface area contributed by atoms with Gasteiger partial charge in [0.2, 0.25) is 5.91 Å². The summed E-state index contributed by atoms with van der Waals surface area (Å²) in [6, 6.07) is 16.6. The molecule has 0 spiro atoms. The Morgan fingerprint density at radius 1 is 1.18 bits per heavy atom. The van der Waals surface area contributed by atoms with Crippen LogP contribution >= 0.6 is 11.5 Å². The SMILES string of the molecule is O=C(CCc1nsc2ccccc12)NC[C@H](O)CN1CCc2ccccc2C1. The molecule has 0 fully saturated rings. The molecule has 1 aliphatic rings. The fourth-order valence-corrected chi connectivity index (χ4v) is 4.56. The van der Waals surface area contributed by atoms with Crippen molar-refractivity contribution in [3.05, 3.63) is 65.4 Å². The maximum Gasteiger partial charge on any atom is 0.220 e. The number of hydrogen-bond donors (Lipinski definition) is 2. The number of amides is 1. The summed E-state index contributed by atoms with van der Waals surface area (Å²) < 4.78 is 5.61. The molecular weight excluding hydrogens is 370 g/mol. The van der Waals surface area contributed by atoms with Crippen molar-refractivity contribution in [1.29, 1.82) is 0 Å². The first-order chi connectivity index (χ1) is 13.7. The van der Waals surface area contributed by atoms with Gasteiger partial charge in [-0.05, 0) is 35.1 Å². The highest BCUT2D eigenvalue weighted by atomic mass is 32.1. The molecule has 1 amide bonds. The number of hydrogen-bond acceptors (Lipinski definition) is 5. The maximum atomic E-state index is 12.2. The van der Waals surface area contributed by atoms with Crippen molar-refractivity contribution >= 4 is 27.5 Å². The molecule has 0 bridgehead atoms. The molecule has 2 heterocycles. The summed E-state index contributed by atoms with van der Waals surface area (Å²) in [5, 5.41) is 14.3. The molecule has 0 aliphatic carbocycles. The molecule has 28 heavy (non-hydrogen) atoms. The van der Waals surface area contributed by atoms with Gasteiger partial charge in [-0.3, -0.25) is 9.69 Å². The van der Waals surface area contributed by atoms with Crippen LogP contribution in [0.15, 0.2) is 48.5 Å². The van der Waals surface area contributed by atoms with E-state index < -0.39 is 6.10 Å². The minimum atomic E-state index is -0.561. The van der Waals surface area contributed by atoms with Gasteiger partial charge in [0.1, 0.15) is 0 Å². The number of carbonyl (C=O) groups is 1. The Hall–Kier alpha value is -2.28. The Morgan fingerprint density at radius 3 is 2.86 bits per heavy atom. The van der Waals surface area contributed by atoms with Crippen LogP contribution in [-0.2, 0) is 24.2 Å². The largest absolute Gasteiger partial charge is 0.390 e. The molecule has 2 N–H and O–H groups in total. The zero-order chi connectivity index (χ0) is 19.3. The summed E-state index contributed by atoms with van der Waals surface area (Å²) in [4.78, 5) is 14.4. The lowest BCUT2D eigenvalue weighted by molar-refractivity contribution is -0.121. The number of rotatable bonds is 7. The summed E-state index contributed by atoms with van der Waals surface area (Å²) >= 11 is 1.47. The number of aryl methyl sites for hydroxylation is 1. The van der Waals surface area contributed by atoms with E-state index in [4.69, 9.17) is 0 Å². The Labute approximate surface area is 169 Å². The van der Waals surface area contributed by atoms with Crippen molar-refractivity contribution in [2.45, 2.75) is 31.9 Å². The second-order valence-corrected chi connectivity index (χ2v) is 8.14. The summed E-state index contributed by atoms with van der Waals surface area (Å²) in [7, 11) is 0. The van der Waals surface area contributed by atoms with Crippen molar-refractivity contribution in [2.75, 3.05) is 19.6 Å². The van der Waals surface area contributed by atoms with Crippen LogP contribution in [0.25, 0.3) is 10.1 Å². The first-order valence-electron chi connectivity index (χ1n) is 9.76. The Kier molecular flexibility index (Phi) is 6.00. The Morgan fingerprint density at radius 2 is 1.96 bits per heavy atom. The lowest BCUT2D eigenvalue weighted by Gasteiger charge is -2.30. The molecule has 4 rings (SSSR count). The van der Waals surface area contributed by atoms with Gasteiger partial charge in [-0.15, -0.1) is 0 Å². The molecule has 5 nitrogen and oxygen atoms in total. The average molecular weight is 396 g/mol. The van der Waals surface area contributed by atoms with E-state index in [1.807, 2.05) is 24.3 Å². The Bertz CT molecular complexity index is 956. The number of aliphatic hydroxyl groups excluding tert-OH is 1. The quantitative estimate of drug-likeness (QED) is 0.646. The van der Waals surface area contributed by atoms with E-state index in [1.165, 1.54) is 22.7 Å². The third kappa shape index (κ3) is 4.58. The Balaban J connectivity index is 1.20. The fourth-order valence-electron chi connectivity index (χ4n) is 3.74. The summed E-state index contributed by atoms with van der Waals surface area (Å²) in [5.74, 6) is -0.0416. The number of carbonyl (C=O) groups excluding carboxylic acids is 1. The highest BCUT2D eigenvalue weighted by Gasteiger charge is 2.18. The second kappa shape index (κ2) is 8.82. The van der Waals surface area contributed by atoms with Crippen LogP contribution in [-0.4, -0.2) is 46.0 Å². The van der Waals surface area contributed by atoms with Gasteiger partial charge >= 0.3 is 0 Å². The van der Waals surface area contributed by atoms with Gasteiger partial charge in [-0.1, -0.05) is 42.5 Å². The monoisotopic (exact) mass is 395 g/mol. The zero-order valence-corrected chi connectivity index (χ0v) is 16.6. The number of benzene rings is 2. The zero-order valence-electron chi connectivity index (χ0n) is 15.8. The van der Waals surface area contributed by atoms with Crippen molar-refractivity contribution in [2.24, 2.45) is 0 Å². The van der Waals surface area contributed by atoms with Crippen LogP contribution < -0.4 is 5.32 Å². The van der Waals surface area contributed by atoms with Gasteiger partial charge in [-0.25, -0.2) is 0 Å². The van der Waals surface area contributed by atoms with Gasteiger partial charge in [0, 0.05) is 44.4 Å². The van der Waals surface area contributed by atoms with E-state index in [0.29, 0.717) is 19.4 Å². The smallest absolute Gasteiger partial charge is 0.220 e. The summed E-state index contributed by atoms with van der Waals surface area (Å²) in [5.41, 5.74) is 3.71. The van der Waals surface area contributed by atoms with Gasteiger partial charge in [-0.2, -0.15) is 4.37 Å². The topological polar surface area (TPSA) is 65.5 Å². The highest BCUT2D eigenvalue weighted by molar-refractivity contribution is 7.13. The molecule has 0 saturated heterocycles. The second-order valence-electron chi connectivity index (χ2n) is 7.34. The third-order valence-corrected chi connectivity index (χ3v) is 6.12. The van der Waals surface area contributed by atoms with Crippen molar-refractivity contribution in [3.8, 4) is 0 Å².